The molecule has 0 atom stereocenters. The molecule has 0 unspecified atom stereocenters. The fourth-order valence-electron chi connectivity index (χ4n) is 1.66. The third-order valence-electron chi connectivity index (χ3n) is 2.66. The number of hydrogen-bond donors (Lipinski definition) is 1. The van der Waals surface area contributed by atoms with Gasteiger partial charge in [0.25, 0.3) is 0 Å². The second kappa shape index (κ2) is 4.56. The number of hydrogen-bond acceptors (Lipinski definition) is 2. The van der Waals surface area contributed by atoms with Crippen LogP contribution in [-0.4, -0.2) is 5.78 Å². The van der Waals surface area contributed by atoms with Crippen LogP contribution in [0.15, 0.2) is 36.4 Å². The van der Waals surface area contributed by atoms with E-state index in [1.807, 2.05) is 0 Å². The summed E-state index contributed by atoms with van der Waals surface area (Å²) in [5.41, 5.74) is 6.18. The van der Waals surface area contributed by atoms with E-state index in [0.717, 1.165) is 6.07 Å². The SMILES string of the molecule is Cc1cc(C(=O)c2ccc(N)cc2F)ccc1F. The third kappa shape index (κ3) is 2.22. The van der Waals surface area contributed by atoms with E-state index in [2.05, 4.69) is 0 Å². The van der Waals surface area contributed by atoms with Gasteiger partial charge in [-0.1, -0.05) is 0 Å². The number of ketones is 1. The van der Waals surface area contributed by atoms with Crippen molar-refractivity contribution in [2.75, 3.05) is 5.73 Å². The number of nitrogens with two attached hydrogens (primary N) is 1. The number of benzene rings is 2. The van der Waals surface area contributed by atoms with Gasteiger partial charge >= 0.3 is 0 Å². The number of halogens is 2. The van der Waals surface area contributed by atoms with Gasteiger partial charge in [0, 0.05) is 11.3 Å². The minimum atomic E-state index is -0.679. The van der Waals surface area contributed by atoms with E-state index in [1.54, 1.807) is 6.92 Å². The highest BCUT2D eigenvalue weighted by Crippen LogP contribution is 2.18. The molecule has 92 valence electrons. The van der Waals surface area contributed by atoms with E-state index in [4.69, 9.17) is 5.73 Å². The van der Waals surface area contributed by atoms with Crippen LogP contribution >= 0.6 is 0 Å². The second-order valence-corrected chi connectivity index (χ2v) is 4.03. The Labute approximate surface area is 103 Å². The fourth-order valence-corrected chi connectivity index (χ4v) is 1.66. The maximum Gasteiger partial charge on any atom is 0.195 e. The van der Waals surface area contributed by atoms with Gasteiger partial charge in [-0.3, -0.25) is 4.79 Å². The molecule has 0 saturated carbocycles. The summed E-state index contributed by atoms with van der Waals surface area (Å²) >= 11 is 0. The Balaban J connectivity index is 2.44. The molecule has 2 nitrogen and oxygen atoms in total. The molecular weight excluding hydrogens is 236 g/mol. The predicted molar refractivity (Wildman–Crippen MR) is 65.4 cm³/mol. The molecule has 0 saturated heterocycles. The molecule has 0 fully saturated rings. The number of aryl methyl sites for hydroxylation is 1. The van der Waals surface area contributed by atoms with E-state index in [0.29, 0.717) is 5.56 Å². The number of carbonyl (C=O) groups is 1. The van der Waals surface area contributed by atoms with E-state index in [1.165, 1.54) is 30.3 Å². The van der Waals surface area contributed by atoms with E-state index in [9.17, 15) is 13.6 Å². The molecule has 0 spiro atoms. The van der Waals surface area contributed by atoms with E-state index in [-0.39, 0.29) is 16.8 Å². The smallest absolute Gasteiger partial charge is 0.195 e. The van der Waals surface area contributed by atoms with Crippen LogP contribution in [0.5, 0.6) is 0 Å². The van der Waals surface area contributed by atoms with Crippen molar-refractivity contribution < 1.29 is 13.6 Å². The molecule has 0 aromatic heterocycles. The van der Waals surface area contributed by atoms with Crippen LogP contribution in [0, 0.1) is 18.6 Å². The van der Waals surface area contributed by atoms with Crippen molar-refractivity contribution in [3.05, 3.63) is 64.7 Å². The van der Waals surface area contributed by atoms with E-state index >= 15 is 0 Å². The minimum absolute atomic E-state index is 0.0739. The summed E-state index contributed by atoms with van der Waals surface area (Å²) in [6.07, 6.45) is 0. The summed E-state index contributed by atoms with van der Waals surface area (Å²) in [6, 6.07) is 7.79. The van der Waals surface area contributed by atoms with Gasteiger partial charge < -0.3 is 5.73 Å². The average Bonchev–Trinajstić information content (AvgIpc) is 2.32. The molecule has 0 bridgehead atoms. The van der Waals surface area contributed by atoms with Crippen molar-refractivity contribution in [2.24, 2.45) is 0 Å². The number of anilines is 1. The van der Waals surface area contributed by atoms with Crippen LogP contribution in [0.3, 0.4) is 0 Å². The van der Waals surface area contributed by atoms with Crippen LogP contribution in [0.25, 0.3) is 0 Å². The molecule has 18 heavy (non-hydrogen) atoms. The predicted octanol–water partition coefficient (Wildman–Crippen LogP) is 3.09. The standard InChI is InChI=1S/C14H11F2NO/c1-8-6-9(2-5-12(8)15)14(18)11-4-3-10(17)7-13(11)16/h2-7H,17H2,1H3. The molecule has 0 aliphatic carbocycles. The molecule has 2 N–H and O–H groups in total. The molecule has 0 amide bonds. The van der Waals surface area contributed by atoms with Crippen molar-refractivity contribution in [3.63, 3.8) is 0 Å². The zero-order valence-corrected chi connectivity index (χ0v) is 9.71. The molecule has 0 heterocycles. The van der Waals surface area contributed by atoms with Gasteiger partial charge in [0.05, 0.1) is 5.56 Å². The van der Waals surface area contributed by atoms with Crippen molar-refractivity contribution in [1.29, 1.82) is 0 Å². The fraction of sp³-hybridized carbons (Fsp3) is 0.0714. The number of carbonyl (C=O) groups excluding carboxylic acids is 1. The monoisotopic (exact) mass is 247 g/mol. The first kappa shape index (κ1) is 12.2. The Morgan fingerprint density at radius 2 is 1.78 bits per heavy atom. The van der Waals surface area contributed by atoms with Gasteiger partial charge in [-0.25, -0.2) is 8.78 Å². The summed E-state index contributed by atoms with van der Waals surface area (Å²) in [5.74, 6) is -1.57. The van der Waals surface area contributed by atoms with Crippen molar-refractivity contribution in [3.8, 4) is 0 Å². The lowest BCUT2D eigenvalue weighted by Gasteiger charge is -2.05. The first-order chi connectivity index (χ1) is 8.49. The highest BCUT2D eigenvalue weighted by atomic mass is 19.1. The maximum absolute atomic E-state index is 13.6. The Hall–Kier alpha value is -2.23. The minimum Gasteiger partial charge on any atom is -0.399 e. The van der Waals surface area contributed by atoms with Gasteiger partial charge in [0.15, 0.2) is 5.78 Å². The van der Waals surface area contributed by atoms with Gasteiger partial charge in [-0.2, -0.15) is 0 Å². The molecule has 2 aromatic carbocycles. The Kier molecular flexibility index (Phi) is 3.10. The van der Waals surface area contributed by atoms with Gasteiger partial charge in [-0.15, -0.1) is 0 Å². The lowest BCUT2D eigenvalue weighted by molar-refractivity contribution is 0.103. The highest BCUT2D eigenvalue weighted by molar-refractivity contribution is 6.09. The van der Waals surface area contributed by atoms with Crippen LogP contribution < -0.4 is 5.73 Å². The summed E-state index contributed by atoms with van der Waals surface area (Å²) in [5, 5.41) is 0. The molecule has 0 radical (unpaired) electrons. The van der Waals surface area contributed by atoms with Crippen molar-refractivity contribution in [1.82, 2.24) is 0 Å². The lowest BCUT2D eigenvalue weighted by atomic mass is 10.0. The van der Waals surface area contributed by atoms with E-state index < -0.39 is 17.4 Å². The summed E-state index contributed by atoms with van der Waals surface area (Å²) in [6.45, 7) is 1.55. The van der Waals surface area contributed by atoms with Crippen LogP contribution in [0.4, 0.5) is 14.5 Å². The zero-order valence-electron chi connectivity index (χ0n) is 9.71. The van der Waals surface area contributed by atoms with Crippen LogP contribution in [0.1, 0.15) is 21.5 Å². The largest absolute Gasteiger partial charge is 0.399 e. The number of rotatable bonds is 2. The molecule has 2 aromatic rings. The summed E-state index contributed by atoms with van der Waals surface area (Å²) in [7, 11) is 0. The highest BCUT2D eigenvalue weighted by Gasteiger charge is 2.14. The Bertz CT molecular complexity index is 623. The Morgan fingerprint density at radius 1 is 1.06 bits per heavy atom. The molecule has 4 heteroatoms. The average molecular weight is 247 g/mol. The zero-order chi connectivity index (χ0) is 13.3. The quantitative estimate of drug-likeness (QED) is 0.654. The Morgan fingerprint density at radius 3 is 2.39 bits per heavy atom. The first-order valence-electron chi connectivity index (χ1n) is 5.35. The lowest BCUT2D eigenvalue weighted by Crippen LogP contribution is -2.05. The topological polar surface area (TPSA) is 43.1 Å². The summed E-state index contributed by atoms with van der Waals surface area (Å²) in [4.78, 5) is 12.0. The van der Waals surface area contributed by atoms with Crippen LogP contribution in [-0.2, 0) is 0 Å². The maximum atomic E-state index is 13.6. The van der Waals surface area contributed by atoms with Gasteiger partial charge in [-0.05, 0) is 48.9 Å². The molecular formula is C14H11F2NO. The van der Waals surface area contributed by atoms with Gasteiger partial charge in [0.1, 0.15) is 11.6 Å². The molecule has 2 rings (SSSR count). The number of nitrogen functional groups attached to an aromatic ring is 1. The molecule has 0 aliphatic rings. The molecule has 0 aliphatic heterocycles. The first-order valence-corrected chi connectivity index (χ1v) is 5.35. The summed E-state index contributed by atoms with van der Waals surface area (Å²) < 4.78 is 26.7. The normalized spacial score (nSPS) is 10.4. The van der Waals surface area contributed by atoms with Crippen LogP contribution in [0.2, 0.25) is 0 Å². The third-order valence-corrected chi connectivity index (χ3v) is 2.66. The van der Waals surface area contributed by atoms with Crippen molar-refractivity contribution >= 4 is 11.5 Å². The second-order valence-electron chi connectivity index (χ2n) is 4.03. The van der Waals surface area contributed by atoms with Crippen molar-refractivity contribution in [2.45, 2.75) is 6.92 Å². The van der Waals surface area contributed by atoms with Gasteiger partial charge in [0.2, 0.25) is 0 Å².